The third-order valence-electron chi connectivity index (χ3n) is 5.57. The van der Waals surface area contributed by atoms with Crippen LogP contribution < -0.4 is 10.0 Å². The van der Waals surface area contributed by atoms with E-state index in [-0.39, 0.29) is 42.5 Å². The van der Waals surface area contributed by atoms with Crippen molar-refractivity contribution >= 4 is 46.8 Å². The number of nitrogens with one attached hydrogen (secondary N) is 2. The van der Waals surface area contributed by atoms with Gasteiger partial charge in [0, 0.05) is 23.0 Å². The first-order chi connectivity index (χ1) is 16.3. The van der Waals surface area contributed by atoms with E-state index in [4.69, 9.17) is 11.6 Å². The Kier molecular flexibility index (Phi) is 9.13. The van der Waals surface area contributed by atoms with Crippen molar-refractivity contribution in [3.63, 3.8) is 0 Å². The lowest BCUT2D eigenvalue weighted by Crippen LogP contribution is -2.43. The van der Waals surface area contributed by atoms with Crippen molar-refractivity contribution in [3.8, 4) is 0 Å². The minimum absolute atomic E-state index is 0. The molecule has 1 saturated carbocycles. The molecule has 3 aromatic carbocycles. The Balaban J connectivity index is 0.00000342. The van der Waals surface area contributed by atoms with Gasteiger partial charge in [0.25, 0.3) is 5.91 Å². The summed E-state index contributed by atoms with van der Waals surface area (Å²) < 4.78 is 27.8. The third kappa shape index (κ3) is 7.67. The number of carbonyl (C=O) groups is 2. The van der Waals surface area contributed by atoms with E-state index in [2.05, 4.69) is 10.0 Å². The molecule has 4 rings (SSSR count). The second-order valence-corrected chi connectivity index (χ2v) is 10.6. The number of Topliss-reactive ketones (excluding diaryl/α,β-unsaturated/α-hetero) is 1. The predicted octanol–water partition coefficient (Wildman–Crippen LogP) is 4.05. The molecule has 1 fully saturated rings. The van der Waals surface area contributed by atoms with E-state index in [1.165, 1.54) is 12.1 Å². The lowest BCUT2D eigenvalue weighted by atomic mass is 9.97. The Morgan fingerprint density at radius 2 is 1.57 bits per heavy atom. The Labute approximate surface area is 217 Å². The molecule has 0 saturated heterocycles. The van der Waals surface area contributed by atoms with Gasteiger partial charge in [-0.05, 0) is 66.8 Å². The molecule has 9 heteroatoms. The van der Waals surface area contributed by atoms with E-state index in [0.717, 1.165) is 18.4 Å². The molecule has 0 heterocycles. The van der Waals surface area contributed by atoms with Crippen molar-refractivity contribution in [2.45, 2.75) is 42.7 Å². The van der Waals surface area contributed by atoms with Gasteiger partial charge in [-0.2, -0.15) is 13.5 Å². The first kappa shape index (κ1) is 26.9. The summed E-state index contributed by atoms with van der Waals surface area (Å²) in [6.07, 6.45) is 1.99. The van der Waals surface area contributed by atoms with Crippen LogP contribution in [0, 0.1) is 0 Å². The van der Waals surface area contributed by atoms with Crippen LogP contribution in [0.5, 0.6) is 0 Å². The van der Waals surface area contributed by atoms with E-state index >= 15 is 0 Å². The summed E-state index contributed by atoms with van der Waals surface area (Å²) in [5.74, 6) is -0.591. The van der Waals surface area contributed by atoms with E-state index in [9.17, 15) is 18.0 Å². The fourth-order valence-corrected chi connectivity index (χ4v) is 5.07. The standard InChI is InChI=1S/C26H25ClN2O4S.H2S/c27-21-11-9-20(10-12-21)26(31)28-24(16-18-5-2-1-3-6-18)25(30)17-19-7-4-8-23(15-19)34(32,33)29-22-13-14-22;/h1-12,15,22,24,29H,13-14,16-17H2,(H,28,31);1H2. The van der Waals surface area contributed by atoms with Crippen LogP contribution in [0.15, 0.2) is 83.8 Å². The van der Waals surface area contributed by atoms with Gasteiger partial charge in [-0.15, -0.1) is 0 Å². The highest BCUT2D eigenvalue weighted by atomic mass is 35.5. The number of hydrogen-bond donors (Lipinski definition) is 2. The summed E-state index contributed by atoms with van der Waals surface area (Å²) in [6, 6.07) is 21.4. The van der Waals surface area contributed by atoms with Gasteiger partial charge in [0.05, 0.1) is 10.9 Å². The van der Waals surface area contributed by atoms with Crippen LogP contribution >= 0.6 is 25.1 Å². The van der Waals surface area contributed by atoms with E-state index in [0.29, 0.717) is 22.6 Å². The van der Waals surface area contributed by atoms with Crippen LogP contribution in [0.4, 0.5) is 0 Å². The largest absolute Gasteiger partial charge is 0.342 e. The van der Waals surface area contributed by atoms with E-state index in [1.807, 2.05) is 30.3 Å². The highest BCUT2D eigenvalue weighted by Crippen LogP contribution is 2.23. The normalized spacial score (nSPS) is 14.0. The summed E-state index contributed by atoms with van der Waals surface area (Å²) in [4.78, 5) is 26.2. The molecule has 6 nitrogen and oxygen atoms in total. The number of amides is 1. The fraction of sp³-hybridized carbons (Fsp3) is 0.231. The number of hydrogen-bond acceptors (Lipinski definition) is 4. The molecule has 1 aliphatic rings. The highest BCUT2D eigenvalue weighted by molar-refractivity contribution is 7.89. The molecule has 0 spiro atoms. The first-order valence-corrected chi connectivity index (χ1v) is 12.9. The van der Waals surface area contributed by atoms with Crippen LogP contribution in [0.2, 0.25) is 5.02 Å². The number of benzene rings is 3. The Morgan fingerprint density at radius 1 is 0.914 bits per heavy atom. The smallest absolute Gasteiger partial charge is 0.251 e. The first-order valence-electron chi connectivity index (χ1n) is 11.0. The van der Waals surface area contributed by atoms with Gasteiger partial charge in [0.1, 0.15) is 0 Å². The summed E-state index contributed by atoms with van der Waals surface area (Å²) in [6.45, 7) is 0. The van der Waals surface area contributed by atoms with Crippen molar-refractivity contribution in [2.75, 3.05) is 0 Å². The Morgan fingerprint density at radius 3 is 2.23 bits per heavy atom. The Hall–Kier alpha value is -2.65. The Bertz CT molecular complexity index is 1280. The number of sulfonamides is 1. The van der Waals surface area contributed by atoms with Crippen molar-refractivity contribution in [1.82, 2.24) is 10.0 Å². The molecule has 184 valence electrons. The minimum Gasteiger partial charge on any atom is -0.342 e. The van der Waals surface area contributed by atoms with Crippen LogP contribution in [-0.4, -0.2) is 32.2 Å². The third-order valence-corrected chi connectivity index (χ3v) is 7.34. The summed E-state index contributed by atoms with van der Waals surface area (Å²) in [5.41, 5.74) is 1.87. The second-order valence-electron chi connectivity index (χ2n) is 8.41. The zero-order valence-corrected chi connectivity index (χ0v) is 21.5. The molecule has 2 N–H and O–H groups in total. The molecule has 0 bridgehead atoms. The topological polar surface area (TPSA) is 92.3 Å². The molecule has 0 aromatic heterocycles. The average molecular weight is 531 g/mol. The predicted molar refractivity (Wildman–Crippen MR) is 142 cm³/mol. The maximum Gasteiger partial charge on any atom is 0.251 e. The molecular weight excluding hydrogens is 504 g/mol. The van der Waals surface area contributed by atoms with Gasteiger partial charge in [-0.3, -0.25) is 9.59 Å². The zero-order chi connectivity index (χ0) is 24.1. The lowest BCUT2D eigenvalue weighted by Gasteiger charge is -2.18. The van der Waals surface area contributed by atoms with Crippen molar-refractivity contribution in [3.05, 3.63) is 101 Å². The van der Waals surface area contributed by atoms with Crippen LogP contribution in [-0.2, 0) is 27.7 Å². The maximum atomic E-state index is 13.3. The van der Waals surface area contributed by atoms with Crippen molar-refractivity contribution in [2.24, 2.45) is 0 Å². The lowest BCUT2D eigenvalue weighted by molar-refractivity contribution is -0.120. The molecule has 0 radical (unpaired) electrons. The highest BCUT2D eigenvalue weighted by Gasteiger charge is 2.28. The maximum absolute atomic E-state index is 13.3. The number of rotatable bonds is 10. The second kappa shape index (κ2) is 11.9. The number of halogens is 1. The van der Waals surface area contributed by atoms with Crippen LogP contribution in [0.3, 0.4) is 0 Å². The van der Waals surface area contributed by atoms with Gasteiger partial charge >= 0.3 is 0 Å². The minimum atomic E-state index is -3.62. The fourth-order valence-electron chi connectivity index (χ4n) is 3.57. The van der Waals surface area contributed by atoms with Crippen LogP contribution in [0.1, 0.15) is 34.3 Å². The van der Waals surface area contributed by atoms with Crippen molar-refractivity contribution in [1.29, 1.82) is 0 Å². The van der Waals surface area contributed by atoms with Gasteiger partial charge in [-0.1, -0.05) is 54.1 Å². The monoisotopic (exact) mass is 530 g/mol. The SMILES string of the molecule is O=C(NC(Cc1ccccc1)C(=O)Cc1cccc(S(=O)(=O)NC2CC2)c1)c1ccc(Cl)cc1.S. The summed E-state index contributed by atoms with van der Waals surface area (Å²) in [5, 5.41) is 3.35. The zero-order valence-electron chi connectivity index (χ0n) is 18.9. The van der Waals surface area contributed by atoms with E-state index < -0.39 is 16.1 Å². The molecular formula is C26H27ClN2O4S2. The van der Waals surface area contributed by atoms with E-state index in [1.54, 1.807) is 36.4 Å². The van der Waals surface area contributed by atoms with Gasteiger partial charge in [0.2, 0.25) is 10.0 Å². The molecule has 1 unspecified atom stereocenters. The molecule has 1 atom stereocenters. The van der Waals surface area contributed by atoms with Gasteiger partial charge in [0.15, 0.2) is 5.78 Å². The quantitative estimate of drug-likeness (QED) is 0.413. The molecule has 1 amide bonds. The number of ketones is 1. The van der Waals surface area contributed by atoms with Gasteiger partial charge in [-0.25, -0.2) is 13.1 Å². The molecule has 0 aliphatic heterocycles. The van der Waals surface area contributed by atoms with Gasteiger partial charge < -0.3 is 5.32 Å². The molecule has 1 aliphatic carbocycles. The van der Waals surface area contributed by atoms with Crippen molar-refractivity contribution < 1.29 is 18.0 Å². The number of carbonyl (C=O) groups excluding carboxylic acids is 2. The average Bonchev–Trinajstić information content (AvgIpc) is 3.63. The summed E-state index contributed by atoms with van der Waals surface area (Å²) in [7, 11) is -3.62. The molecule has 3 aromatic rings. The van der Waals surface area contributed by atoms with Crippen LogP contribution in [0.25, 0.3) is 0 Å². The summed E-state index contributed by atoms with van der Waals surface area (Å²) >= 11 is 5.91. The molecule has 35 heavy (non-hydrogen) atoms.